The number of hydrogen-bond donors (Lipinski definition) is 0. The van der Waals surface area contributed by atoms with Crippen LogP contribution < -0.4 is 9.47 Å². The highest BCUT2D eigenvalue weighted by Crippen LogP contribution is 2.29. The second-order valence-electron chi connectivity index (χ2n) is 4.74. The topological polar surface area (TPSA) is 31.4 Å². The van der Waals surface area contributed by atoms with E-state index in [0.717, 1.165) is 22.0 Å². The summed E-state index contributed by atoms with van der Waals surface area (Å²) in [5, 5.41) is 4.02. The first-order valence-corrected chi connectivity index (χ1v) is 8.46. The second-order valence-corrected chi connectivity index (χ2v) is 6.44. The van der Waals surface area contributed by atoms with Gasteiger partial charge in [0.05, 0.1) is 17.8 Å². The number of rotatable bonds is 5. The quantitative estimate of drug-likeness (QED) is 0.580. The van der Waals surface area contributed by atoms with Crippen molar-refractivity contribution in [2.24, 2.45) is 0 Å². The highest BCUT2D eigenvalue weighted by atomic mass is 35.5. The first kappa shape index (κ1) is 16.1. The van der Waals surface area contributed by atoms with Gasteiger partial charge in [0, 0.05) is 22.0 Å². The molecule has 0 N–H and O–H groups in total. The summed E-state index contributed by atoms with van der Waals surface area (Å²) in [4.78, 5) is 4.58. The van der Waals surface area contributed by atoms with Crippen molar-refractivity contribution in [3.63, 3.8) is 0 Å². The van der Waals surface area contributed by atoms with Gasteiger partial charge in [-0.3, -0.25) is 0 Å². The van der Waals surface area contributed by atoms with E-state index in [1.54, 1.807) is 36.6 Å². The molecule has 0 spiro atoms. The molecule has 0 unspecified atom stereocenters. The van der Waals surface area contributed by atoms with Crippen LogP contribution in [0, 0.1) is 0 Å². The lowest BCUT2D eigenvalue weighted by atomic mass is 10.2. The van der Waals surface area contributed by atoms with Crippen LogP contribution in [0.4, 0.5) is 0 Å². The maximum atomic E-state index is 6.08. The maximum absolute atomic E-state index is 6.08. The van der Waals surface area contributed by atoms with Crippen molar-refractivity contribution < 1.29 is 9.47 Å². The molecular weight excluding hydrogens is 353 g/mol. The molecule has 2 aromatic carbocycles. The van der Waals surface area contributed by atoms with Gasteiger partial charge in [0.25, 0.3) is 0 Å². The molecule has 3 rings (SSSR count). The number of hydrogen-bond acceptors (Lipinski definition) is 4. The lowest BCUT2D eigenvalue weighted by molar-refractivity contribution is 0.302. The highest BCUT2D eigenvalue weighted by molar-refractivity contribution is 7.13. The first-order chi connectivity index (χ1) is 11.2. The summed E-state index contributed by atoms with van der Waals surface area (Å²) in [6.07, 6.45) is 0. The molecule has 3 aromatic rings. The van der Waals surface area contributed by atoms with Gasteiger partial charge in [-0.25, -0.2) is 4.98 Å². The molecular formula is C17H13Cl2NO2S. The van der Waals surface area contributed by atoms with Crippen LogP contribution in [0.1, 0.15) is 5.69 Å². The third-order valence-corrected chi connectivity index (χ3v) is 4.65. The minimum absolute atomic E-state index is 0.340. The Morgan fingerprint density at radius 1 is 1.09 bits per heavy atom. The largest absolute Gasteiger partial charge is 0.497 e. The van der Waals surface area contributed by atoms with Crippen molar-refractivity contribution in [3.8, 4) is 22.1 Å². The Morgan fingerprint density at radius 3 is 2.61 bits per heavy atom. The van der Waals surface area contributed by atoms with Gasteiger partial charge in [-0.2, -0.15) is 0 Å². The van der Waals surface area contributed by atoms with E-state index in [1.165, 1.54) is 0 Å². The SMILES string of the molecule is COc1ccc(-c2nc(COc3cc(Cl)ccc3Cl)cs2)cc1. The summed E-state index contributed by atoms with van der Waals surface area (Å²) in [5.74, 6) is 1.38. The number of thiazole rings is 1. The van der Waals surface area contributed by atoms with Crippen LogP contribution in [0.15, 0.2) is 47.8 Å². The van der Waals surface area contributed by atoms with Crippen LogP contribution in [-0.2, 0) is 6.61 Å². The molecule has 0 fully saturated rings. The van der Waals surface area contributed by atoms with Crippen LogP contribution in [-0.4, -0.2) is 12.1 Å². The predicted molar refractivity (Wildman–Crippen MR) is 94.9 cm³/mol. The number of methoxy groups -OCH3 is 1. The van der Waals surface area contributed by atoms with Gasteiger partial charge in [0.2, 0.25) is 0 Å². The van der Waals surface area contributed by atoms with Crippen LogP contribution in [0.5, 0.6) is 11.5 Å². The molecule has 1 aromatic heterocycles. The number of benzene rings is 2. The Balaban J connectivity index is 1.70. The third kappa shape index (κ3) is 3.96. The molecule has 0 atom stereocenters. The number of nitrogens with zero attached hydrogens (tertiary/aromatic N) is 1. The van der Waals surface area contributed by atoms with E-state index in [1.807, 2.05) is 29.6 Å². The first-order valence-electron chi connectivity index (χ1n) is 6.82. The molecule has 0 amide bonds. The molecule has 1 heterocycles. The van der Waals surface area contributed by atoms with E-state index < -0.39 is 0 Å². The molecule has 0 bridgehead atoms. The molecule has 0 aliphatic heterocycles. The van der Waals surface area contributed by atoms with Gasteiger partial charge in [-0.1, -0.05) is 23.2 Å². The Kier molecular flexibility index (Phi) is 5.06. The zero-order valence-electron chi connectivity index (χ0n) is 12.3. The van der Waals surface area contributed by atoms with Gasteiger partial charge < -0.3 is 9.47 Å². The van der Waals surface area contributed by atoms with Gasteiger partial charge >= 0.3 is 0 Å². The van der Waals surface area contributed by atoms with E-state index in [4.69, 9.17) is 32.7 Å². The van der Waals surface area contributed by atoms with Gasteiger partial charge in [0.15, 0.2) is 0 Å². The molecule has 6 heteroatoms. The van der Waals surface area contributed by atoms with Crippen LogP contribution in [0.3, 0.4) is 0 Å². The fraction of sp³-hybridized carbons (Fsp3) is 0.118. The number of halogens is 2. The zero-order chi connectivity index (χ0) is 16.2. The van der Waals surface area contributed by atoms with E-state index in [9.17, 15) is 0 Å². The van der Waals surface area contributed by atoms with Crippen LogP contribution >= 0.6 is 34.5 Å². The van der Waals surface area contributed by atoms with Crippen molar-refractivity contribution >= 4 is 34.5 Å². The minimum atomic E-state index is 0.340. The van der Waals surface area contributed by atoms with Crippen molar-refractivity contribution in [1.82, 2.24) is 4.98 Å². The molecule has 0 radical (unpaired) electrons. The average molecular weight is 366 g/mol. The average Bonchev–Trinajstić information content (AvgIpc) is 3.05. The summed E-state index contributed by atoms with van der Waals surface area (Å²) in [6, 6.07) is 12.9. The molecule has 3 nitrogen and oxygen atoms in total. The molecule has 0 aliphatic carbocycles. The molecule has 0 saturated heterocycles. The van der Waals surface area contributed by atoms with E-state index in [0.29, 0.717) is 22.4 Å². The Hall–Kier alpha value is -1.75. The highest BCUT2D eigenvalue weighted by Gasteiger charge is 2.08. The van der Waals surface area contributed by atoms with Crippen molar-refractivity contribution in [1.29, 1.82) is 0 Å². The monoisotopic (exact) mass is 365 g/mol. The van der Waals surface area contributed by atoms with E-state index in [-0.39, 0.29) is 0 Å². The summed E-state index contributed by atoms with van der Waals surface area (Å²) in [7, 11) is 1.65. The Bertz CT molecular complexity index is 803. The Labute approximate surface area is 148 Å². The molecule has 0 saturated carbocycles. The van der Waals surface area contributed by atoms with Gasteiger partial charge in [-0.15, -0.1) is 11.3 Å². The molecule has 118 valence electrons. The van der Waals surface area contributed by atoms with Crippen LogP contribution in [0.2, 0.25) is 10.0 Å². The fourth-order valence-electron chi connectivity index (χ4n) is 1.98. The van der Waals surface area contributed by atoms with Gasteiger partial charge in [-0.05, 0) is 36.4 Å². The fourth-order valence-corrected chi connectivity index (χ4v) is 3.12. The Morgan fingerprint density at radius 2 is 1.87 bits per heavy atom. The van der Waals surface area contributed by atoms with E-state index >= 15 is 0 Å². The van der Waals surface area contributed by atoms with E-state index in [2.05, 4.69) is 4.98 Å². The van der Waals surface area contributed by atoms with Crippen molar-refractivity contribution in [2.75, 3.05) is 7.11 Å². The molecule has 23 heavy (non-hydrogen) atoms. The second kappa shape index (κ2) is 7.21. The summed E-state index contributed by atoms with van der Waals surface area (Å²) >= 11 is 13.6. The predicted octanol–water partition coefficient (Wildman–Crippen LogP) is 5.70. The minimum Gasteiger partial charge on any atom is -0.497 e. The smallest absolute Gasteiger partial charge is 0.139 e. The summed E-state index contributed by atoms with van der Waals surface area (Å²) < 4.78 is 10.9. The third-order valence-electron chi connectivity index (χ3n) is 3.16. The van der Waals surface area contributed by atoms with Gasteiger partial charge in [0.1, 0.15) is 23.1 Å². The number of aromatic nitrogens is 1. The summed E-state index contributed by atoms with van der Waals surface area (Å²) in [5.41, 5.74) is 1.89. The normalized spacial score (nSPS) is 10.6. The molecule has 0 aliphatic rings. The maximum Gasteiger partial charge on any atom is 0.139 e. The number of ether oxygens (including phenoxy) is 2. The zero-order valence-corrected chi connectivity index (χ0v) is 14.6. The lowest BCUT2D eigenvalue weighted by Gasteiger charge is -2.06. The van der Waals surface area contributed by atoms with Crippen molar-refractivity contribution in [3.05, 3.63) is 63.6 Å². The standard InChI is InChI=1S/C17H13Cl2NO2S/c1-21-14-5-2-11(3-6-14)17-20-13(10-23-17)9-22-16-8-12(18)4-7-15(16)19/h2-8,10H,9H2,1H3. The van der Waals surface area contributed by atoms with Crippen LogP contribution in [0.25, 0.3) is 10.6 Å². The van der Waals surface area contributed by atoms with Crippen molar-refractivity contribution in [2.45, 2.75) is 6.61 Å². The lowest BCUT2D eigenvalue weighted by Crippen LogP contribution is -1.96. The summed E-state index contributed by atoms with van der Waals surface area (Å²) in [6.45, 7) is 0.340.